The molecule has 108 valence electrons. The Morgan fingerprint density at radius 3 is 2.33 bits per heavy atom. The summed E-state index contributed by atoms with van der Waals surface area (Å²) in [5, 5.41) is 12.3. The van der Waals surface area contributed by atoms with Crippen molar-refractivity contribution >= 4 is 40.8 Å². The number of halogens is 2. The monoisotopic (exact) mass is 323 g/mol. The third-order valence-electron chi connectivity index (χ3n) is 2.83. The van der Waals surface area contributed by atoms with Crippen molar-refractivity contribution in [2.45, 2.75) is 6.92 Å². The van der Waals surface area contributed by atoms with Gasteiger partial charge in [-0.15, -0.1) is 0 Å². The smallest absolute Gasteiger partial charge is 0.337 e. The molecular formula is C15H11Cl2NO3. The van der Waals surface area contributed by atoms with Gasteiger partial charge in [0.05, 0.1) is 21.8 Å². The number of hydrogen-bond donors (Lipinski definition) is 2. The number of nitrogens with one attached hydrogen (secondary N) is 1. The van der Waals surface area contributed by atoms with E-state index in [4.69, 9.17) is 28.3 Å². The second-order valence-electron chi connectivity index (χ2n) is 4.43. The van der Waals surface area contributed by atoms with Crippen molar-refractivity contribution in [3.8, 4) is 0 Å². The number of benzene rings is 2. The molecule has 0 unspecified atom stereocenters. The van der Waals surface area contributed by atoms with Crippen LogP contribution in [0.3, 0.4) is 0 Å². The van der Waals surface area contributed by atoms with Crippen molar-refractivity contribution in [2.75, 3.05) is 5.32 Å². The Labute approximate surface area is 131 Å². The van der Waals surface area contributed by atoms with Gasteiger partial charge in [0.15, 0.2) is 0 Å². The molecule has 0 aliphatic carbocycles. The molecule has 0 aromatic heterocycles. The molecule has 0 heterocycles. The maximum absolute atomic E-state index is 12.2. The van der Waals surface area contributed by atoms with Gasteiger partial charge in [-0.1, -0.05) is 29.3 Å². The summed E-state index contributed by atoms with van der Waals surface area (Å²) in [7, 11) is 0. The van der Waals surface area contributed by atoms with Crippen molar-refractivity contribution in [1.82, 2.24) is 0 Å². The van der Waals surface area contributed by atoms with Gasteiger partial charge in [0.25, 0.3) is 5.91 Å². The first-order valence-electron chi connectivity index (χ1n) is 5.99. The van der Waals surface area contributed by atoms with Crippen molar-refractivity contribution in [2.24, 2.45) is 0 Å². The molecule has 0 aliphatic heterocycles. The first-order valence-corrected chi connectivity index (χ1v) is 6.74. The molecule has 2 aromatic rings. The quantitative estimate of drug-likeness (QED) is 0.887. The third-order valence-corrected chi connectivity index (χ3v) is 3.38. The highest BCUT2D eigenvalue weighted by atomic mass is 35.5. The zero-order valence-electron chi connectivity index (χ0n) is 11.0. The van der Waals surface area contributed by atoms with E-state index in [1.165, 1.54) is 18.2 Å². The van der Waals surface area contributed by atoms with Crippen LogP contribution >= 0.6 is 23.2 Å². The summed E-state index contributed by atoms with van der Waals surface area (Å²) in [6.07, 6.45) is 0. The average Bonchev–Trinajstić information content (AvgIpc) is 2.37. The number of rotatable bonds is 3. The molecule has 0 bridgehead atoms. The van der Waals surface area contributed by atoms with Crippen LogP contribution in [-0.4, -0.2) is 17.0 Å². The minimum absolute atomic E-state index is 0.0454. The number of aromatic carboxylic acids is 1. The first kappa shape index (κ1) is 15.4. The summed E-state index contributed by atoms with van der Waals surface area (Å²) in [4.78, 5) is 23.3. The first-order chi connectivity index (χ1) is 9.88. The predicted octanol–water partition coefficient (Wildman–Crippen LogP) is 4.25. The SMILES string of the molecule is Cc1ccc(C(=O)Nc2cc(Cl)ccc2C(=O)O)c(Cl)c1. The average molecular weight is 324 g/mol. The number of amides is 1. The highest BCUT2D eigenvalue weighted by molar-refractivity contribution is 6.34. The summed E-state index contributed by atoms with van der Waals surface area (Å²) in [5.41, 5.74) is 1.26. The van der Waals surface area contributed by atoms with E-state index in [0.29, 0.717) is 10.0 Å². The van der Waals surface area contributed by atoms with Gasteiger partial charge < -0.3 is 10.4 Å². The van der Waals surface area contributed by atoms with E-state index in [9.17, 15) is 9.59 Å². The summed E-state index contributed by atoms with van der Waals surface area (Å²) >= 11 is 11.9. The molecule has 2 aromatic carbocycles. The molecule has 0 atom stereocenters. The number of hydrogen-bond acceptors (Lipinski definition) is 2. The Kier molecular flexibility index (Phi) is 4.50. The van der Waals surface area contributed by atoms with Crippen LogP contribution in [0.25, 0.3) is 0 Å². The Hall–Kier alpha value is -2.04. The predicted molar refractivity (Wildman–Crippen MR) is 82.6 cm³/mol. The molecule has 0 saturated carbocycles. The largest absolute Gasteiger partial charge is 0.478 e. The molecule has 2 rings (SSSR count). The highest BCUT2D eigenvalue weighted by Gasteiger charge is 2.16. The normalized spacial score (nSPS) is 10.2. The van der Waals surface area contributed by atoms with Crippen LogP contribution in [0.2, 0.25) is 10.0 Å². The Morgan fingerprint density at radius 2 is 1.71 bits per heavy atom. The van der Waals surface area contributed by atoms with E-state index >= 15 is 0 Å². The van der Waals surface area contributed by atoms with Gasteiger partial charge in [-0.3, -0.25) is 4.79 Å². The second-order valence-corrected chi connectivity index (χ2v) is 5.28. The minimum Gasteiger partial charge on any atom is -0.478 e. The summed E-state index contributed by atoms with van der Waals surface area (Å²) < 4.78 is 0. The Bertz CT molecular complexity index is 729. The van der Waals surface area contributed by atoms with Gasteiger partial charge in [-0.2, -0.15) is 0 Å². The van der Waals surface area contributed by atoms with Crippen LogP contribution in [0.4, 0.5) is 5.69 Å². The molecule has 6 heteroatoms. The molecule has 2 N–H and O–H groups in total. The van der Waals surface area contributed by atoms with E-state index in [1.807, 2.05) is 6.92 Å². The molecule has 0 aliphatic rings. The van der Waals surface area contributed by atoms with Gasteiger partial charge in [0.1, 0.15) is 0 Å². The van der Waals surface area contributed by atoms with Crippen molar-refractivity contribution in [3.63, 3.8) is 0 Å². The molecule has 1 amide bonds. The number of carboxylic acid groups (broad SMARTS) is 1. The molecule has 21 heavy (non-hydrogen) atoms. The molecule has 0 fully saturated rings. The number of carboxylic acids is 1. The summed E-state index contributed by atoms with van der Waals surface area (Å²) in [6.45, 7) is 1.85. The molecule has 4 nitrogen and oxygen atoms in total. The van der Waals surface area contributed by atoms with E-state index < -0.39 is 11.9 Å². The Balaban J connectivity index is 2.35. The van der Waals surface area contributed by atoms with Crippen LogP contribution in [0.15, 0.2) is 36.4 Å². The van der Waals surface area contributed by atoms with Gasteiger partial charge in [-0.05, 0) is 42.8 Å². The van der Waals surface area contributed by atoms with E-state index in [2.05, 4.69) is 5.32 Å². The van der Waals surface area contributed by atoms with Crippen LogP contribution in [0.1, 0.15) is 26.3 Å². The lowest BCUT2D eigenvalue weighted by Gasteiger charge is -2.10. The summed E-state index contributed by atoms with van der Waals surface area (Å²) in [6, 6.07) is 9.14. The topological polar surface area (TPSA) is 66.4 Å². The Morgan fingerprint density at radius 1 is 1.05 bits per heavy atom. The fourth-order valence-electron chi connectivity index (χ4n) is 1.80. The van der Waals surface area contributed by atoms with Gasteiger partial charge in [0, 0.05) is 5.02 Å². The molecule has 0 radical (unpaired) electrons. The lowest BCUT2D eigenvalue weighted by Crippen LogP contribution is -2.15. The van der Waals surface area contributed by atoms with Gasteiger partial charge in [0.2, 0.25) is 0 Å². The van der Waals surface area contributed by atoms with Crippen molar-refractivity contribution in [3.05, 3.63) is 63.1 Å². The zero-order chi connectivity index (χ0) is 15.6. The van der Waals surface area contributed by atoms with Crippen molar-refractivity contribution in [1.29, 1.82) is 0 Å². The van der Waals surface area contributed by atoms with E-state index in [0.717, 1.165) is 5.56 Å². The third kappa shape index (κ3) is 3.54. The fraction of sp³-hybridized carbons (Fsp3) is 0.0667. The van der Waals surface area contributed by atoms with Crippen LogP contribution in [-0.2, 0) is 0 Å². The summed E-state index contributed by atoms with van der Waals surface area (Å²) in [5.74, 6) is -1.65. The molecule has 0 spiro atoms. The number of carbonyl (C=O) groups is 2. The standard InChI is InChI=1S/C15H11Cl2NO3/c1-8-2-4-10(12(17)6-8)14(19)18-13-7-9(16)3-5-11(13)15(20)21/h2-7H,1H3,(H,18,19)(H,20,21). The maximum Gasteiger partial charge on any atom is 0.337 e. The van der Waals surface area contributed by atoms with Crippen LogP contribution in [0.5, 0.6) is 0 Å². The van der Waals surface area contributed by atoms with Gasteiger partial charge in [-0.25, -0.2) is 4.79 Å². The lowest BCUT2D eigenvalue weighted by molar-refractivity contribution is 0.0698. The van der Waals surface area contributed by atoms with Crippen molar-refractivity contribution < 1.29 is 14.7 Å². The minimum atomic E-state index is -1.16. The number of aryl methyl sites for hydroxylation is 1. The highest BCUT2D eigenvalue weighted by Crippen LogP contribution is 2.24. The number of carbonyl (C=O) groups excluding carboxylic acids is 1. The lowest BCUT2D eigenvalue weighted by atomic mass is 10.1. The van der Waals surface area contributed by atoms with E-state index in [-0.39, 0.29) is 16.8 Å². The number of anilines is 1. The van der Waals surface area contributed by atoms with Gasteiger partial charge >= 0.3 is 5.97 Å². The van der Waals surface area contributed by atoms with Crippen LogP contribution < -0.4 is 5.32 Å². The molecule has 0 saturated heterocycles. The maximum atomic E-state index is 12.2. The molecular weight excluding hydrogens is 313 g/mol. The van der Waals surface area contributed by atoms with Crippen LogP contribution in [0, 0.1) is 6.92 Å². The zero-order valence-corrected chi connectivity index (χ0v) is 12.5. The van der Waals surface area contributed by atoms with E-state index in [1.54, 1.807) is 18.2 Å². The fourth-order valence-corrected chi connectivity index (χ4v) is 2.29. The second kappa shape index (κ2) is 6.16.